The molecule has 2 aromatic heterocycles. The van der Waals surface area contributed by atoms with Gasteiger partial charge in [0.25, 0.3) is 0 Å². The number of pyridine rings is 2. The molecule has 6 nitrogen and oxygen atoms in total. The number of hydrogen-bond donors (Lipinski definition) is 0. The van der Waals surface area contributed by atoms with E-state index in [1.54, 1.807) is 0 Å². The first-order chi connectivity index (χ1) is 25.5. The molecule has 0 amide bonds. The highest BCUT2D eigenvalue weighted by Crippen LogP contribution is 2.49. The molecule has 7 rings (SSSR count). The third-order valence-corrected chi connectivity index (χ3v) is 9.03. The molecule has 0 fully saturated rings. The van der Waals surface area contributed by atoms with Crippen LogP contribution in [0.1, 0.15) is 27.8 Å². The van der Waals surface area contributed by atoms with Crippen LogP contribution >= 0.6 is 0 Å². The van der Waals surface area contributed by atoms with E-state index in [9.17, 15) is 15.8 Å². The molecular weight excluding hydrogens is 637 g/mol. The lowest BCUT2D eigenvalue weighted by atomic mass is 9.83. The minimum Gasteiger partial charge on any atom is -0.258 e. The van der Waals surface area contributed by atoms with E-state index in [1.807, 2.05) is 147 Å². The van der Waals surface area contributed by atoms with Gasteiger partial charge in [-0.25, -0.2) is 9.83 Å². The van der Waals surface area contributed by atoms with E-state index in [0.29, 0.717) is 50.6 Å². The molecule has 242 valence electrons. The molecule has 2 heterocycles. The largest absolute Gasteiger partial charge is 0.258 e. The Balaban J connectivity index is 1.65. The molecule has 0 aliphatic heterocycles. The van der Waals surface area contributed by atoms with Gasteiger partial charge in [0.15, 0.2) is 0 Å². The second kappa shape index (κ2) is 14.1. The first-order valence-corrected chi connectivity index (χ1v) is 16.6. The van der Waals surface area contributed by atoms with Crippen molar-refractivity contribution in [2.45, 2.75) is 13.8 Å². The Labute approximate surface area is 302 Å². The van der Waals surface area contributed by atoms with E-state index < -0.39 is 0 Å². The smallest absolute Gasteiger partial charge is 0.221 e. The van der Waals surface area contributed by atoms with Crippen molar-refractivity contribution in [3.8, 4) is 85.5 Å². The van der Waals surface area contributed by atoms with Crippen LogP contribution in [0, 0.1) is 54.4 Å². The molecule has 0 aliphatic rings. The van der Waals surface area contributed by atoms with Crippen molar-refractivity contribution < 1.29 is 0 Å². The Morgan fingerprint density at radius 3 is 1.21 bits per heavy atom. The summed E-state index contributed by atoms with van der Waals surface area (Å²) < 4.78 is 0. The van der Waals surface area contributed by atoms with Crippen LogP contribution < -0.4 is 0 Å². The van der Waals surface area contributed by atoms with Gasteiger partial charge in [-0.05, 0) is 30.5 Å². The van der Waals surface area contributed by atoms with Gasteiger partial charge in [0.05, 0.1) is 46.0 Å². The predicted octanol–water partition coefficient (Wildman–Crippen LogP) is 11.3. The molecule has 5 aromatic carbocycles. The Morgan fingerprint density at radius 2 is 0.788 bits per heavy atom. The normalized spacial score (nSPS) is 10.4. The molecule has 0 atom stereocenters. The van der Waals surface area contributed by atoms with E-state index in [-0.39, 0.29) is 22.4 Å². The third kappa shape index (κ3) is 5.84. The lowest BCUT2D eigenvalue weighted by Gasteiger charge is -2.21. The van der Waals surface area contributed by atoms with Crippen LogP contribution in [0.5, 0.6) is 0 Å². The van der Waals surface area contributed by atoms with E-state index in [1.165, 1.54) is 0 Å². The summed E-state index contributed by atoms with van der Waals surface area (Å²) in [6.45, 7) is 12.5. The molecule has 7 aromatic rings. The number of aromatic nitrogens is 2. The highest BCUT2D eigenvalue weighted by molar-refractivity contribution is 6.03. The van der Waals surface area contributed by atoms with Crippen molar-refractivity contribution in [3.63, 3.8) is 0 Å². The number of hydrogen-bond acceptors (Lipinski definition) is 5. The molecule has 0 N–H and O–H groups in total. The zero-order valence-electron chi connectivity index (χ0n) is 28.4. The summed E-state index contributed by atoms with van der Waals surface area (Å²) in [7, 11) is 0. The van der Waals surface area contributed by atoms with Crippen molar-refractivity contribution >= 4 is 5.69 Å². The Hall–Kier alpha value is -7.64. The minimum atomic E-state index is 0.195. The molecule has 6 heteroatoms. The van der Waals surface area contributed by atoms with Gasteiger partial charge in [0, 0.05) is 27.8 Å². The topological polar surface area (TPSA) is 102 Å². The van der Waals surface area contributed by atoms with Gasteiger partial charge >= 0.3 is 0 Å². The molecule has 0 saturated heterocycles. The monoisotopic (exact) mass is 664 g/mol. The van der Waals surface area contributed by atoms with Crippen LogP contribution in [0.25, 0.3) is 72.1 Å². The van der Waals surface area contributed by atoms with Crippen molar-refractivity contribution in [1.29, 1.82) is 15.8 Å². The average Bonchev–Trinajstić information content (AvgIpc) is 3.20. The Kier molecular flexibility index (Phi) is 8.90. The van der Waals surface area contributed by atoms with Gasteiger partial charge < -0.3 is 0 Å². The van der Waals surface area contributed by atoms with Crippen LogP contribution in [0.4, 0.5) is 5.69 Å². The average molecular weight is 665 g/mol. The predicted molar refractivity (Wildman–Crippen MR) is 205 cm³/mol. The maximum atomic E-state index is 10.9. The molecule has 0 aliphatic carbocycles. The maximum absolute atomic E-state index is 10.9. The van der Waals surface area contributed by atoms with Gasteiger partial charge in [-0.3, -0.25) is 4.98 Å². The van der Waals surface area contributed by atoms with Crippen LogP contribution in [-0.4, -0.2) is 9.97 Å². The number of aryl methyl sites for hydroxylation is 2. The van der Waals surface area contributed by atoms with Crippen LogP contribution in [0.2, 0.25) is 0 Å². The van der Waals surface area contributed by atoms with Crippen molar-refractivity contribution in [3.05, 3.63) is 173 Å². The van der Waals surface area contributed by atoms with E-state index >= 15 is 0 Å². The molecular formula is C46H28N6. The summed E-state index contributed by atoms with van der Waals surface area (Å²) in [6.07, 6.45) is 0. The zero-order valence-corrected chi connectivity index (χ0v) is 28.4. The van der Waals surface area contributed by atoms with Gasteiger partial charge in [-0.1, -0.05) is 145 Å². The molecule has 0 bridgehead atoms. The maximum Gasteiger partial charge on any atom is 0.221 e. The molecule has 52 heavy (non-hydrogen) atoms. The highest BCUT2D eigenvalue weighted by atomic mass is 14.8. The lowest BCUT2D eigenvalue weighted by molar-refractivity contribution is 1.27. The van der Waals surface area contributed by atoms with E-state index in [0.717, 1.165) is 27.8 Å². The summed E-state index contributed by atoms with van der Waals surface area (Å²) >= 11 is 0. The minimum absolute atomic E-state index is 0.195. The SMILES string of the molecule is [C-]#[N+]c1c(-c2ccc(C)cc2)nc(-c2ccccc2)c(C#N)c1-c1ccccc1-c1c(C#N)c(-c2ccccc2)nc(-c2ccc(C)cc2)c1C#N. The van der Waals surface area contributed by atoms with Crippen molar-refractivity contribution in [1.82, 2.24) is 9.97 Å². The fourth-order valence-corrected chi connectivity index (χ4v) is 6.49. The van der Waals surface area contributed by atoms with Gasteiger partial charge in [0.2, 0.25) is 5.69 Å². The van der Waals surface area contributed by atoms with Gasteiger partial charge in [0.1, 0.15) is 18.2 Å². The third-order valence-electron chi connectivity index (χ3n) is 9.03. The fraction of sp³-hybridized carbons (Fsp3) is 0.0435. The second-order valence-electron chi connectivity index (χ2n) is 12.3. The van der Waals surface area contributed by atoms with E-state index in [2.05, 4.69) is 23.1 Å². The van der Waals surface area contributed by atoms with Gasteiger partial charge in [-0.2, -0.15) is 15.8 Å². The molecule has 0 radical (unpaired) electrons. The summed E-state index contributed by atoms with van der Waals surface area (Å²) in [6, 6.07) is 48.9. The van der Waals surface area contributed by atoms with Gasteiger partial charge in [-0.15, -0.1) is 0 Å². The van der Waals surface area contributed by atoms with Crippen LogP contribution in [0.15, 0.2) is 133 Å². The van der Waals surface area contributed by atoms with Crippen LogP contribution in [-0.2, 0) is 0 Å². The Bertz CT molecular complexity index is 2460. The summed E-state index contributed by atoms with van der Waals surface area (Å²) in [5, 5.41) is 32.7. The second-order valence-corrected chi connectivity index (χ2v) is 12.3. The highest BCUT2D eigenvalue weighted by Gasteiger charge is 2.29. The first kappa shape index (κ1) is 32.9. The standard InChI is InChI=1S/C46H28N6/c1-29-18-22-33(23-19-29)44-38(27-48)40(37(26-47)42(51-44)31-12-6-4-7-13-31)35-16-10-11-17-36(35)41-39(28-49)43(32-14-8-5-9-15-32)52-45(46(41)50-3)34-24-20-30(2)21-25-34/h4-25H,1-2H3. The quantitative estimate of drug-likeness (QED) is 0.165. The van der Waals surface area contributed by atoms with Crippen molar-refractivity contribution in [2.75, 3.05) is 0 Å². The first-order valence-electron chi connectivity index (χ1n) is 16.6. The lowest BCUT2D eigenvalue weighted by Crippen LogP contribution is -2.04. The zero-order chi connectivity index (χ0) is 36.2. The number of benzene rings is 5. The van der Waals surface area contributed by atoms with Crippen LogP contribution in [0.3, 0.4) is 0 Å². The molecule has 0 unspecified atom stereocenters. The molecule has 0 spiro atoms. The number of rotatable bonds is 6. The number of nitriles is 3. The Morgan fingerprint density at radius 1 is 0.442 bits per heavy atom. The summed E-state index contributed by atoms with van der Waals surface area (Å²) in [4.78, 5) is 14.0. The van der Waals surface area contributed by atoms with E-state index in [4.69, 9.17) is 16.5 Å². The summed E-state index contributed by atoms with van der Waals surface area (Å²) in [5.41, 5.74) is 9.32. The fourth-order valence-electron chi connectivity index (χ4n) is 6.49. The number of nitrogens with zero attached hydrogens (tertiary/aromatic N) is 6. The summed E-state index contributed by atoms with van der Waals surface area (Å²) in [5.74, 6) is 0. The van der Waals surface area contributed by atoms with Crippen molar-refractivity contribution in [2.24, 2.45) is 0 Å². The molecule has 0 saturated carbocycles.